The summed E-state index contributed by atoms with van der Waals surface area (Å²) in [6, 6.07) is 11.9. The van der Waals surface area contributed by atoms with Gasteiger partial charge in [0.05, 0.1) is 33.2 Å². The lowest BCUT2D eigenvalue weighted by Gasteiger charge is -2.12. The zero-order valence-corrected chi connectivity index (χ0v) is 26.1. The molecule has 220 valence electrons. The van der Waals surface area contributed by atoms with Crippen LogP contribution in [0.4, 0.5) is 0 Å². The van der Waals surface area contributed by atoms with Gasteiger partial charge >= 0.3 is 5.97 Å². The molecule has 1 aromatic carbocycles. The summed E-state index contributed by atoms with van der Waals surface area (Å²) in [5, 5.41) is 1.95. The van der Waals surface area contributed by atoms with Crippen LogP contribution in [0.1, 0.15) is 80.1 Å². The standard InChI is InChI=1S/C15H14N2OS.C9H16O2.C6H13NO2S/c1-10(2)18-15-14(13-8-5-9-19-13)16-11-6-3-4-7-12(11)17-15;1-7(2)9(10)11-8-5-3-4-6-8;1-5(2)7-10(8,9)6-3-4-6/h3-10H,1-2H3;7-8H,3-6H2,1-2H3;5-7H,3-4H2,1-2H3. The van der Waals surface area contributed by atoms with E-state index in [0.29, 0.717) is 5.88 Å². The summed E-state index contributed by atoms with van der Waals surface area (Å²) in [5.74, 6) is 0.587. The minimum atomic E-state index is -2.94. The van der Waals surface area contributed by atoms with Crippen molar-refractivity contribution in [1.29, 1.82) is 0 Å². The topological polar surface area (TPSA) is 107 Å². The van der Waals surface area contributed by atoms with Crippen molar-refractivity contribution in [3.8, 4) is 16.5 Å². The molecule has 0 amide bonds. The van der Waals surface area contributed by atoms with Crippen LogP contribution in [0.5, 0.6) is 5.88 Å². The number of rotatable bonds is 8. The molecule has 2 heterocycles. The van der Waals surface area contributed by atoms with Crippen molar-refractivity contribution in [1.82, 2.24) is 14.7 Å². The van der Waals surface area contributed by atoms with E-state index in [1.54, 1.807) is 11.3 Å². The molecule has 0 saturated heterocycles. The molecule has 10 heteroatoms. The van der Waals surface area contributed by atoms with Gasteiger partial charge in [0.25, 0.3) is 0 Å². The number of thiophene rings is 1. The quantitative estimate of drug-likeness (QED) is 0.290. The van der Waals surface area contributed by atoms with Gasteiger partial charge in [-0.25, -0.2) is 23.1 Å². The Hall–Kier alpha value is -2.56. The monoisotopic (exact) mass is 589 g/mol. The number of carbonyl (C=O) groups excluding carboxylic acids is 1. The predicted octanol–water partition coefficient (Wildman–Crippen LogP) is 6.75. The first kappa shape index (κ1) is 32.0. The Morgan fingerprint density at radius 2 is 1.55 bits per heavy atom. The number of hydrogen-bond donors (Lipinski definition) is 1. The van der Waals surface area contributed by atoms with Crippen LogP contribution in [0, 0.1) is 5.92 Å². The van der Waals surface area contributed by atoms with Gasteiger partial charge in [0.1, 0.15) is 11.8 Å². The fourth-order valence-electron chi connectivity index (χ4n) is 3.97. The number of fused-ring (bicyclic) bond motifs is 1. The summed E-state index contributed by atoms with van der Waals surface area (Å²) >= 11 is 1.64. The molecule has 0 radical (unpaired) electrons. The number of ether oxygens (including phenoxy) is 2. The number of carbonyl (C=O) groups is 1. The lowest BCUT2D eigenvalue weighted by Crippen LogP contribution is -2.32. The van der Waals surface area contributed by atoms with Crippen molar-refractivity contribution in [2.75, 3.05) is 0 Å². The number of nitrogens with one attached hydrogen (secondary N) is 1. The Labute approximate surface area is 243 Å². The van der Waals surface area contributed by atoms with Crippen LogP contribution in [0.25, 0.3) is 21.6 Å². The molecule has 3 aromatic rings. The Morgan fingerprint density at radius 1 is 0.925 bits per heavy atom. The Bertz CT molecular complexity index is 1310. The van der Waals surface area contributed by atoms with E-state index in [9.17, 15) is 13.2 Å². The van der Waals surface area contributed by atoms with Crippen molar-refractivity contribution in [3.05, 3.63) is 41.8 Å². The molecule has 0 atom stereocenters. The molecule has 2 aliphatic carbocycles. The van der Waals surface area contributed by atoms with E-state index in [-0.39, 0.29) is 35.4 Å². The average molecular weight is 590 g/mol. The molecule has 2 fully saturated rings. The van der Waals surface area contributed by atoms with Crippen molar-refractivity contribution in [3.63, 3.8) is 0 Å². The number of hydrogen-bond acceptors (Lipinski definition) is 8. The normalized spacial score (nSPS) is 15.5. The van der Waals surface area contributed by atoms with Crippen LogP contribution in [0.2, 0.25) is 0 Å². The minimum Gasteiger partial charge on any atom is -0.473 e. The van der Waals surface area contributed by atoms with Crippen LogP contribution >= 0.6 is 11.3 Å². The van der Waals surface area contributed by atoms with Crippen LogP contribution in [-0.4, -0.2) is 47.9 Å². The lowest BCUT2D eigenvalue weighted by molar-refractivity contribution is -0.152. The maximum Gasteiger partial charge on any atom is 0.308 e. The zero-order chi connectivity index (χ0) is 29.3. The summed E-state index contributed by atoms with van der Waals surface area (Å²) in [4.78, 5) is 21.4. The molecule has 8 nitrogen and oxygen atoms in total. The summed E-state index contributed by atoms with van der Waals surface area (Å²) < 4.78 is 35.8. The molecule has 2 aromatic heterocycles. The largest absolute Gasteiger partial charge is 0.473 e. The number of nitrogens with zero attached hydrogens (tertiary/aromatic N) is 2. The maximum atomic E-state index is 11.1. The van der Waals surface area contributed by atoms with Crippen molar-refractivity contribution in [2.45, 2.75) is 104 Å². The minimum absolute atomic E-state index is 0.0237. The molecule has 40 heavy (non-hydrogen) atoms. The molecule has 1 N–H and O–H groups in total. The van der Waals surface area contributed by atoms with E-state index in [2.05, 4.69) is 9.71 Å². The lowest BCUT2D eigenvalue weighted by atomic mass is 10.2. The Balaban J connectivity index is 0.000000180. The van der Waals surface area contributed by atoms with Gasteiger partial charge in [-0.05, 0) is 89.8 Å². The molecule has 0 unspecified atom stereocenters. The maximum absolute atomic E-state index is 11.1. The molecular formula is C30H43N3O5S2. The highest BCUT2D eigenvalue weighted by atomic mass is 32.2. The average Bonchev–Trinajstić information content (AvgIpc) is 3.38. The second-order valence-electron chi connectivity index (χ2n) is 11.0. The van der Waals surface area contributed by atoms with Gasteiger partial charge in [0.15, 0.2) is 0 Å². The van der Waals surface area contributed by atoms with Crippen molar-refractivity contribution < 1.29 is 22.7 Å². The van der Waals surface area contributed by atoms with E-state index in [0.717, 1.165) is 47.3 Å². The van der Waals surface area contributed by atoms with Gasteiger partial charge in [-0.1, -0.05) is 32.0 Å². The van der Waals surface area contributed by atoms with Gasteiger partial charge in [-0.15, -0.1) is 11.3 Å². The predicted molar refractivity (Wildman–Crippen MR) is 162 cm³/mol. The zero-order valence-electron chi connectivity index (χ0n) is 24.4. The first-order valence-corrected chi connectivity index (χ1v) is 16.6. The molecule has 0 aliphatic heterocycles. The van der Waals surface area contributed by atoms with E-state index in [4.69, 9.17) is 14.5 Å². The second-order valence-corrected chi connectivity index (χ2v) is 14.0. The Morgan fingerprint density at radius 3 is 2.05 bits per heavy atom. The van der Waals surface area contributed by atoms with Crippen LogP contribution in [-0.2, 0) is 19.6 Å². The summed E-state index contributed by atoms with van der Waals surface area (Å²) in [7, 11) is -2.94. The number of esters is 1. The molecule has 2 saturated carbocycles. The fraction of sp³-hybridized carbons (Fsp3) is 0.567. The van der Waals surface area contributed by atoms with E-state index < -0.39 is 10.0 Å². The van der Waals surface area contributed by atoms with Crippen molar-refractivity contribution in [2.24, 2.45) is 5.92 Å². The smallest absolute Gasteiger partial charge is 0.308 e. The van der Waals surface area contributed by atoms with E-state index in [1.165, 1.54) is 12.8 Å². The van der Waals surface area contributed by atoms with Gasteiger partial charge in [0.2, 0.25) is 15.9 Å². The third-order valence-electron chi connectivity index (χ3n) is 6.06. The molecule has 0 bridgehead atoms. The number of sulfonamides is 1. The number of benzene rings is 1. The SMILES string of the molecule is CC(C)C(=O)OC1CCCC1.CC(C)NS(=O)(=O)C1CC1.CC(C)Oc1nc2ccccc2nc1-c1cccs1. The third kappa shape index (κ3) is 10.1. The Kier molecular flexibility index (Phi) is 11.9. The molecule has 5 rings (SSSR count). The van der Waals surface area contributed by atoms with Crippen molar-refractivity contribution >= 4 is 38.4 Å². The second kappa shape index (κ2) is 14.9. The molecular weight excluding hydrogens is 546 g/mol. The summed E-state index contributed by atoms with van der Waals surface area (Å²) in [6.07, 6.45) is 6.55. The van der Waals surface area contributed by atoms with Gasteiger partial charge in [0, 0.05) is 6.04 Å². The highest BCUT2D eigenvalue weighted by molar-refractivity contribution is 7.90. The first-order valence-electron chi connectivity index (χ1n) is 14.1. The third-order valence-corrected chi connectivity index (χ3v) is 9.09. The van der Waals surface area contributed by atoms with Crippen LogP contribution in [0.3, 0.4) is 0 Å². The van der Waals surface area contributed by atoms with Gasteiger partial charge in [-0.3, -0.25) is 4.79 Å². The number of para-hydroxylation sites is 2. The van der Waals surface area contributed by atoms with Crippen LogP contribution < -0.4 is 9.46 Å². The highest BCUT2D eigenvalue weighted by Gasteiger charge is 2.35. The van der Waals surface area contributed by atoms with E-state index >= 15 is 0 Å². The van der Waals surface area contributed by atoms with Gasteiger partial charge < -0.3 is 9.47 Å². The highest BCUT2D eigenvalue weighted by Crippen LogP contribution is 2.32. The molecule has 2 aliphatic rings. The van der Waals surface area contributed by atoms with Gasteiger partial charge in [-0.2, -0.15) is 0 Å². The fourth-order valence-corrected chi connectivity index (χ4v) is 6.28. The molecule has 0 spiro atoms. The number of aromatic nitrogens is 2. The first-order chi connectivity index (χ1) is 19.0. The van der Waals surface area contributed by atoms with E-state index in [1.807, 2.05) is 83.3 Å². The summed E-state index contributed by atoms with van der Waals surface area (Å²) in [6.45, 7) is 11.4. The van der Waals surface area contributed by atoms with Crippen LogP contribution in [0.15, 0.2) is 41.8 Å². The summed E-state index contributed by atoms with van der Waals surface area (Å²) in [5.41, 5.74) is 2.57.